The van der Waals surface area contributed by atoms with Gasteiger partial charge in [0.15, 0.2) is 0 Å². The molecule has 2 heterocycles. The van der Waals surface area contributed by atoms with Crippen LogP contribution in [0.15, 0.2) is 0 Å². The number of nitrogens with zero attached hydrogens (tertiary/aromatic N) is 2. The van der Waals surface area contributed by atoms with Gasteiger partial charge in [-0.15, -0.1) is 0 Å². The van der Waals surface area contributed by atoms with Crippen LogP contribution in [0.4, 0.5) is 0 Å². The van der Waals surface area contributed by atoms with Crippen LogP contribution in [0.25, 0.3) is 0 Å². The molecular formula is C16H32I2N2. The quantitative estimate of drug-likeness (QED) is 0.276. The predicted octanol–water partition coefficient (Wildman–Crippen LogP) is -3.50. The first kappa shape index (κ1) is 19.4. The molecule has 20 heavy (non-hydrogen) atoms. The topological polar surface area (TPSA) is 0 Å². The molecule has 3 rings (SSSR count). The number of rotatable bonds is 3. The molecule has 2 nitrogen and oxygen atoms in total. The van der Waals surface area contributed by atoms with Gasteiger partial charge < -0.3 is 56.9 Å². The van der Waals surface area contributed by atoms with Gasteiger partial charge in [0.2, 0.25) is 0 Å². The molecule has 0 N–H and O–H groups in total. The van der Waals surface area contributed by atoms with E-state index < -0.39 is 0 Å². The van der Waals surface area contributed by atoms with E-state index in [0.29, 0.717) is 0 Å². The van der Waals surface area contributed by atoms with Crippen molar-refractivity contribution >= 4 is 0 Å². The van der Waals surface area contributed by atoms with Crippen molar-refractivity contribution in [1.82, 2.24) is 0 Å². The van der Waals surface area contributed by atoms with Crippen molar-refractivity contribution in [3.8, 4) is 0 Å². The molecule has 2 saturated heterocycles. The van der Waals surface area contributed by atoms with Crippen molar-refractivity contribution in [2.24, 2.45) is 11.8 Å². The molecule has 4 heteroatoms. The number of piperidine rings is 1. The van der Waals surface area contributed by atoms with Crippen LogP contribution >= 0.6 is 0 Å². The fourth-order valence-corrected chi connectivity index (χ4v) is 5.04. The number of hydrogen-bond donors (Lipinski definition) is 0. The van der Waals surface area contributed by atoms with Crippen LogP contribution < -0.4 is 48.0 Å². The molecule has 0 radical (unpaired) electrons. The summed E-state index contributed by atoms with van der Waals surface area (Å²) in [6.45, 7) is 8.70. The van der Waals surface area contributed by atoms with Crippen LogP contribution in [0.1, 0.15) is 38.5 Å². The minimum atomic E-state index is 0. The number of fused-ring (bicyclic) bond motifs is 2. The number of likely N-dealkylation sites (N-methyl/N-ethyl adjacent to an activating group) is 2. The maximum atomic E-state index is 2.55. The van der Waals surface area contributed by atoms with E-state index in [1.807, 2.05) is 0 Å². The van der Waals surface area contributed by atoms with Crippen molar-refractivity contribution in [2.75, 3.05) is 53.4 Å². The summed E-state index contributed by atoms with van der Waals surface area (Å²) in [7, 11) is 5.04. The normalized spacial score (nSPS) is 38.7. The Morgan fingerprint density at radius 1 is 0.750 bits per heavy atom. The van der Waals surface area contributed by atoms with E-state index in [1.165, 1.54) is 80.3 Å². The smallest absolute Gasteiger partial charge is 0.128 e. The summed E-state index contributed by atoms with van der Waals surface area (Å²) in [5.41, 5.74) is 0. The third-order valence-corrected chi connectivity index (χ3v) is 6.11. The minimum absolute atomic E-state index is 0. The monoisotopic (exact) mass is 506 g/mol. The molecule has 2 unspecified atom stereocenters. The van der Waals surface area contributed by atoms with Gasteiger partial charge in [-0.05, 0) is 19.3 Å². The minimum Gasteiger partial charge on any atom is -1.00 e. The Kier molecular flexibility index (Phi) is 7.55. The van der Waals surface area contributed by atoms with Crippen molar-refractivity contribution in [1.29, 1.82) is 0 Å². The van der Waals surface area contributed by atoms with Crippen LogP contribution in [-0.4, -0.2) is 62.3 Å². The lowest BCUT2D eigenvalue weighted by molar-refractivity contribution is -0.965. The van der Waals surface area contributed by atoms with E-state index >= 15 is 0 Å². The molecule has 3 aliphatic rings. The number of likely N-dealkylation sites (tertiary alicyclic amines) is 2. The lowest BCUT2D eigenvalue weighted by Crippen LogP contribution is -3.00. The van der Waals surface area contributed by atoms with Crippen molar-refractivity contribution in [2.45, 2.75) is 38.5 Å². The Morgan fingerprint density at radius 2 is 1.25 bits per heavy atom. The van der Waals surface area contributed by atoms with Gasteiger partial charge in [-0.2, -0.15) is 0 Å². The SMILES string of the molecule is C[N+]1(CC[N+]2(C)CC3CCCC(C3)C2)CCCC1.[I-].[I-]. The molecular weight excluding hydrogens is 474 g/mol. The van der Waals surface area contributed by atoms with Gasteiger partial charge in [0.05, 0.1) is 40.3 Å². The molecule has 2 aliphatic heterocycles. The van der Waals surface area contributed by atoms with Crippen LogP contribution in [0.2, 0.25) is 0 Å². The summed E-state index contributed by atoms with van der Waals surface area (Å²) in [5.74, 6) is 2.12. The lowest BCUT2D eigenvalue weighted by Gasteiger charge is -2.48. The molecule has 1 aliphatic carbocycles. The molecule has 2 atom stereocenters. The first-order valence-electron chi connectivity index (χ1n) is 8.24. The van der Waals surface area contributed by atoms with E-state index in [1.54, 1.807) is 6.42 Å². The van der Waals surface area contributed by atoms with Gasteiger partial charge in [-0.3, -0.25) is 0 Å². The molecule has 120 valence electrons. The Balaban J connectivity index is 0.000001000. The molecule has 1 saturated carbocycles. The lowest BCUT2D eigenvalue weighted by atomic mass is 9.77. The maximum absolute atomic E-state index is 2.55. The summed E-state index contributed by atoms with van der Waals surface area (Å²) in [4.78, 5) is 0. The molecule has 0 amide bonds. The van der Waals surface area contributed by atoms with Gasteiger partial charge in [0.1, 0.15) is 13.1 Å². The molecule has 3 fully saturated rings. The predicted molar refractivity (Wildman–Crippen MR) is 76.3 cm³/mol. The average molecular weight is 506 g/mol. The highest BCUT2D eigenvalue weighted by Crippen LogP contribution is 2.37. The Bertz CT molecular complexity index is 291. The summed E-state index contributed by atoms with van der Waals surface area (Å²) in [5, 5.41) is 0. The Morgan fingerprint density at radius 3 is 1.80 bits per heavy atom. The Hall–Kier alpha value is 1.38. The number of quaternary nitrogens is 2. The highest BCUT2D eigenvalue weighted by atomic mass is 127. The summed E-state index contributed by atoms with van der Waals surface area (Å²) in [6.07, 6.45) is 9.05. The van der Waals surface area contributed by atoms with Crippen LogP contribution in [0.5, 0.6) is 0 Å². The Labute approximate surface area is 159 Å². The van der Waals surface area contributed by atoms with Gasteiger partial charge in [0, 0.05) is 24.7 Å². The van der Waals surface area contributed by atoms with E-state index in [4.69, 9.17) is 0 Å². The second-order valence-electron chi connectivity index (χ2n) is 8.10. The summed E-state index contributed by atoms with van der Waals surface area (Å²) in [6, 6.07) is 0. The maximum Gasteiger partial charge on any atom is 0.128 e. The third kappa shape index (κ3) is 4.69. The molecule has 2 bridgehead atoms. The molecule has 0 aromatic heterocycles. The van der Waals surface area contributed by atoms with Crippen LogP contribution in [0, 0.1) is 11.8 Å². The van der Waals surface area contributed by atoms with Gasteiger partial charge in [0.25, 0.3) is 0 Å². The number of halogens is 2. The van der Waals surface area contributed by atoms with Crippen molar-refractivity contribution < 1.29 is 56.9 Å². The zero-order valence-corrected chi connectivity index (χ0v) is 17.6. The van der Waals surface area contributed by atoms with E-state index in [0.717, 1.165) is 11.8 Å². The largest absolute Gasteiger partial charge is 1.00 e. The van der Waals surface area contributed by atoms with E-state index in [9.17, 15) is 0 Å². The van der Waals surface area contributed by atoms with E-state index in [2.05, 4.69) is 14.1 Å². The number of hydrogen-bond acceptors (Lipinski definition) is 0. The molecule has 0 spiro atoms. The third-order valence-electron chi connectivity index (χ3n) is 6.11. The molecule has 0 aromatic rings. The van der Waals surface area contributed by atoms with Crippen molar-refractivity contribution in [3.05, 3.63) is 0 Å². The standard InChI is InChI=1S/C16H32N2.2HI/c1-17(8-3-4-9-17)10-11-18(2)13-15-6-5-7-16(12-15)14-18;;/h15-16H,3-14H2,1-2H3;2*1H/q+2;;/p-2. The fourth-order valence-electron chi connectivity index (χ4n) is 5.04. The summed E-state index contributed by atoms with van der Waals surface area (Å²) >= 11 is 0. The van der Waals surface area contributed by atoms with Crippen LogP contribution in [0.3, 0.4) is 0 Å². The summed E-state index contributed by atoms with van der Waals surface area (Å²) < 4.78 is 2.76. The van der Waals surface area contributed by atoms with Crippen LogP contribution in [-0.2, 0) is 0 Å². The zero-order valence-electron chi connectivity index (χ0n) is 13.3. The van der Waals surface area contributed by atoms with Gasteiger partial charge >= 0.3 is 0 Å². The first-order valence-corrected chi connectivity index (χ1v) is 8.24. The highest BCUT2D eigenvalue weighted by molar-refractivity contribution is 4.77. The van der Waals surface area contributed by atoms with Gasteiger partial charge in [-0.25, -0.2) is 0 Å². The van der Waals surface area contributed by atoms with Gasteiger partial charge in [-0.1, -0.05) is 6.42 Å². The second-order valence-corrected chi connectivity index (χ2v) is 8.10. The average Bonchev–Trinajstić information content (AvgIpc) is 2.74. The zero-order chi connectivity index (χ0) is 12.6. The molecule has 0 aromatic carbocycles. The fraction of sp³-hybridized carbons (Fsp3) is 1.00. The second kappa shape index (κ2) is 7.77. The first-order chi connectivity index (χ1) is 8.57. The highest BCUT2D eigenvalue weighted by Gasteiger charge is 2.40. The van der Waals surface area contributed by atoms with E-state index in [-0.39, 0.29) is 48.0 Å². The van der Waals surface area contributed by atoms with Crippen molar-refractivity contribution in [3.63, 3.8) is 0 Å².